The molecule has 0 radical (unpaired) electrons. The quantitative estimate of drug-likeness (QED) is 0.767. The van der Waals surface area contributed by atoms with Gasteiger partial charge in [-0.15, -0.1) is 0 Å². The van der Waals surface area contributed by atoms with E-state index in [2.05, 4.69) is 10.2 Å². The molecule has 2 saturated carbocycles. The van der Waals surface area contributed by atoms with Gasteiger partial charge in [-0.1, -0.05) is 17.7 Å². The highest BCUT2D eigenvalue weighted by molar-refractivity contribution is 7.89. The topological polar surface area (TPSA) is 69.7 Å². The Bertz CT molecular complexity index is 765. The monoisotopic (exact) mass is 391 g/mol. The first-order valence-electron chi connectivity index (χ1n) is 10.0. The van der Waals surface area contributed by atoms with E-state index in [1.54, 1.807) is 12.1 Å². The number of benzene rings is 1. The molecule has 7 heteroatoms. The predicted octanol–water partition coefficient (Wildman–Crippen LogP) is 1.61. The van der Waals surface area contributed by atoms with Crippen molar-refractivity contribution in [1.82, 2.24) is 14.5 Å². The SMILES string of the molecule is Cc1ccc(S(=O)(=O)N2CCN(CC(=O)NC(C3CC3)C3CC3)CC2)cc1. The number of aryl methyl sites for hydroxylation is 1. The van der Waals surface area contributed by atoms with Crippen LogP contribution in [0.25, 0.3) is 0 Å². The van der Waals surface area contributed by atoms with Crippen LogP contribution in [0, 0.1) is 18.8 Å². The summed E-state index contributed by atoms with van der Waals surface area (Å²) in [6, 6.07) is 7.36. The Labute approximate surface area is 162 Å². The van der Waals surface area contributed by atoms with Gasteiger partial charge in [0.25, 0.3) is 0 Å². The van der Waals surface area contributed by atoms with Gasteiger partial charge in [-0.3, -0.25) is 9.69 Å². The number of nitrogens with zero attached hydrogens (tertiary/aromatic N) is 2. The standard InChI is InChI=1S/C20H29N3O3S/c1-15-2-8-18(9-3-15)27(25,26)23-12-10-22(11-13-23)14-19(24)21-20(16-4-5-16)17-6-7-17/h2-3,8-9,16-17,20H,4-7,10-14H2,1H3,(H,21,24). The van der Waals surface area contributed by atoms with Gasteiger partial charge in [-0.2, -0.15) is 4.31 Å². The van der Waals surface area contributed by atoms with Crippen molar-refractivity contribution >= 4 is 15.9 Å². The van der Waals surface area contributed by atoms with Crippen LogP contribution in [0.3, 0.4) is 0 Å². The number of rotatable bonds is 7. The van der Waals surface area contributed by atoms with Gasteiger partial charge < -0.3 is 5.32 Å². The number of nitrogens with one attached hydrogen (secondary N) is 1. The molecule has 0 aromatic heterocycles. The summed E-state index contributed by atoms with van der Waals surface area (Å²) in [5.41, 5.74) is 1.04. The zero-order valence-corrected chi connectivity index (χ0v) is 16.7. The Morgan fingerprint density at radius 3 is 2.11 bits per heavy atom. The van der Waals surface area contributed by atoms with Gasteiger partial charge in [-0.05, 0) is 56.6 Å². The number of carbonyl (C=O) groups excluding carboxylic acids is 1. The molecule has 4 rings (SSSR count). The minimum atomic E-state index is -3.45. The van der Waals surface area contributed by atoms with E-state index in [0.717, 1.165) is 5.56 Å². The molecule has 2 aliphatic carbocycles. The van der Waals surface area contributed by atoms with E-state index in [1.165, 1.54) is 30.0 Å². The Kier molecular flexibility index (Phi) is 5.27. The number of amides is 1. The molecule has 1 amide bonds. The fourth-order valence-corrected chi connectivity index (χ4v) is 5.38. The molecule has 1 saturated heterocycles. The molecule has 1 heterocycles. The van der Waals surface area contributed by atoms with Crippen LogP contribution in [-0.4, -0.2) is 62.3 Å². The zero-order valence-electron chi connectivity index (χ0n) is 15.9. The highest BCUT2D eigenvalue weighted by atomic mass is 32.2. The summed E-state index contributed by atoms with van der Waals surface area (Å²) in [5, 5.41) is 3.25. The Hall–Kier alpha value is -1.44. The van der Waals surface area contributed by atoms with Crippen molar-refractivity contribution in [3.63, 3.8) is 0 Å². The van der Waals surface area contributed by atoms with Gasteiger partial charge in [0.15, 0.2) is 0 Å². The van der Waals surface area contributed by atoms with Crippen LogP contribution >= 0.6 is 0 Å². The molecule has 27 heavy (non-hydrogen) atoms. The minimum Gasteiger partial charge on any atom is -0.352 e. The van der Waals surface area contributed by atoms with E-state index in [1.807, 2.05) is 19.1 Å². The number of hydrogen-bond donors (Lipinski definition) is 1. The first-order valence-corrected chi connectivity index (χ1v) is 11.5. The molecule has 3 fully saturated rings. The second kappa shape index (κ2) is 7.53. The van der Waals surface area contributed by atoms with Crippen LogP contribution in [0.15, 0.2) is 29.2 Å². The summed E-state index contributed by atoms with van der Waals surface area (Å²) in [6.45, 7) is 4.36. The Morgan fingerprint density at radius 1 is 1.04 bits per heavy atom. The van der Waals surface area contributed by atoms with E-state index >= 15 is 0 Å². The molecule has 1 aromatic carbocycles. The fraction of sp³-hybridized carbons (Fsp3) is 0.650. The normalized spacial score (nSPS) is 22.1. The van der Waals surface area contributed by atoms with E-state index in [9.17, 15) is 13.2 Å². The molecule has 0 bridgehead atoms. The van der Waals surface area contributed by atoms with Gasteiger partial charge in [0.1, 0.15) is 0 Å². The molecule has 1 aromatic rings. The zero-order chi connectivity index (χ0) is 19.0. The summed E-state index contributed by atoms with van der Waals surface area (Å²) in [6.07, 6.45) is 4.99. The molecule has 1 N–H and O–H groups in total. The number of carbonyl (C=O) groups is 1. The third-order valence-electron chi connectivity index (χ3n) is 5.94. The molecule has 0 unspecified atom stereocenters. The summed E-state index contributed by atoms with van der Waals surface area (Å²) in [5.74, 6) is 1.48. The fourth-order valence-electron chi connectivity index (χ4n) is 3.95. The lowest BCUT2D eigenvalue weighted by Crippen LogP contribution is -2.52. The molecular formula is C20H29N3O3S. The summed E-state index contributed by atoms with van der Waals surface area (Å²) < 4.78 is 27.1. The smallest absolute Gasteiger partial charge is 0.243 e. The number of piperazine rings is 1. The first kappa shape index (κ1) is 18.9. The molecule has 1 aliphatic heterocycles. The van der Waals surface area contributed by atoms with Crippen molar-refractivity contribution in [2.45, 2.75) is 43.5 Å². The van der Waals surface area contributed by atoms with Crippen LogP contribution in [0.4, 0.5) is 0 Å². The third kappa shape index (κ3) is 4.52. The lowest BCUT2D eigenvalue weighted by Gasteiger charge is -2.33. The molecule has 6 nitrogen and oxygen atoms in total. The molecule has 0 spiro atoms. The van der Waals surface area contributed by atoms with E-state index in [4.69, 9.17) is 0 Å². The average Bonchev–Trinajstić information content (AvgIpc) is 3.55. The molecule has 0 atom stereocenters. The summed E-state index contributed by atoms with van der Waals surface area (Å²) in [4.78, 5) is 14.8. The summed E-state index contributed by atoms with van der Waals surface area (Å²) in [7, 11) is -3.45. The number of sulfonamides is 1. The van der Waals surface area contributed by atoms with Crippen LogP contribution in [0.5, 0.6) is 0 Å². The minimum absolute atomic E-state index is 0.0913. The molecular weight excluding hydrogens is 362 g/mol. The van der Waals surface area contributed by atoms with Crippen molar-refractivity contribution in [1.29, 1.82) is 0 Å². The highest BCUT2D eigenvalue weighted by Crippen LogP contribution is 2.44. The van der Waals surface area contributed by atoms with Gasteiger partial charge in [0.05, 0.1) is 11.4 Å². The Morgan fingerprint density at radius 2 is 1.59 bits per heavy atom. The maximum Gasteiger partial charge on any atom is 0.243 e. The maximum atomic E-state index is 12.8. The van der Waals surface area contributed by atoms with Crippen molar-refractivity contribution in [2.24, 2.45) is 11.8 Å². The maximum absolute atomic E-state index is 12.8. The largest absolute Gasteiger partial charge is 0.352 e. The second-order valence-corrected chi connectivity index (χ2v) is 10.2. The first-order chi connectivity index (χ1) is 12.9. The second-order valence-electron chi connectivity index (χ2n) is 8.26. The molecule has 3 aliphatic rings. The van der Waals surface area contributed by atoms with Crippen LogP contribution < -0.4 is 5.32 Å². The van der Waals surface area contributed by atoms with Crippen molar-refractivity contribution in [3.05, 3.63) is 29.8 Å². The highest BCUT2D eigenvalue weighted by Gasteiger charge is 2.42. The number of hydrogen-bond acceptors (Lipinski definition) is 4. The van der Waals surface area contributed by atoms with E-state index in [0.29, 0.717) is 55.5 Å². The average molecular weight is 392 g/mol. The van der Waals surface area contributed by atoms with Crippen LogP contribution in [0.2, 0.25) is 0 Å². The lowest BCUT2D eigenvalue weighted by atomic mass is 10.1. The van der Waals surface area contributed by atoms with E-state index < -0.39 is 10.0 Å². The van der Waals surface area contributed by atoms with E-state index in [-0.39, 0.29) is 5.91 Å². The van der Waals surface area contributed by atoms with Gasteiger partial charge >= 0.3 is 0 Å². The molecule has 148 valence electrons. The van der Waals surface area contributed by atoms with Crippen molar-refractivity contribution in [2.75, 3.05) is 32.7 Å². The van der Waals surface area contributed by atoms with Crippen molar-refractivity contribution in [3.8, 4) is 0 Å². The lowest BCUT2D eigenvalue weighted by molar-refractivity contribution is -0.123. The third-order valence-corrected chi connectivity index (χ3v) is 7.86. The van der Waals surface area contributed by atoms with Gasteiger partial charge in [0, 0.05) is 32.2 Å². The summed E-state index contributed by atoms with van der Waals surface area (Å²) >= 11 is 0. The Balaban J connectivity index is 1.28. The predicted molar refractivity (Wildman–Crippen MR) is 104 cm³/mol. The van der Waals surface area contributed by atoms with Crippen molar-refractivity contribution < 1.29 is 13.2 Å². The van der Waals surface area contributed by atoms with Gasteiger partial charge in [-0.25, -0.2) is 8.42 Å². The van der Waals surface area contributed by atoms with Crippen LogP contribution in [0.1, 0.15) is 31.2 Å². The van der Waals surface area contributed by atoms with Gasteiger partial charge in [0.2, 0.25) is 15.9 Å². The van der Waals surface area contributed by atoms with Crippen LogP contribution in [-0.2, 0) is 14.8 Å².